The van der Waals surface area contributed by atoms with Crippen LogP contribution in [0.3, 0.4) is 0 Å². The summed E-state index contributed by atoms with van der Waals surface area (Å²) in [7, 11) is 0. The molecule has 1 heterocycles. The molecular weight excluding hydrogens is 312 g/mol. The van der Waals surface area contributed by atoms with Crippen LogP contribution in [0.15, 0.2) is 24.3 Å². The third-order valence-electron chi connectivity index (χ3n) is 5.16. The number of anilines is 1. The number of hydrogen-bond acceptors (Lipinski definition) is 2. The van der Waals surface area contributed by atoms with Gasteiger partial charge in [0, 0.05) is 30.1 Å². The summed E-state index contributed by atoms with van der Waals surface area (Å²) in [4.78, 5) is 27.0. The number of amides is 2. The zero-order valence-corrected chi connectivity index (χ0v) is 16.3. The lowest BCUT2D eigenvalue weighted by molar-refractivity contribution is -0.142. The normalized spacial score (nSPS) is 17.2. The monoisotopic (exact) mass is 344 g/mol. The number of rotatable bonds is 4. The third-order valence-corrected chi connectivity index (χ3v) is 5.16. The molecule has 2 amide bonds. The van der Waals surface area contributed by atoms with Crippen LogP contribution in [0.5, 0.6) is 0 Å². The molecule has 1 atom stereocenters. The van der Waals surface area contributed by atoms with Crippen molar-refractivity contribution in [2.75, 3.05) is 18.4 Å². The van der Waals surface area contributed by atoms with Gasteiger partial charge in [-0.25, -0.2) is 0 Å². The predicted octanol–water partition coefficient (Wildman–Crippen LogP) is 4.42. The molecule has 0 radical (unpaired) electrons. The highest BCUT2D eigenvalue weighted by atomic mass is 16.2. The molecule has 0 aromatic heterocycles. The standard InChI is InChI=1S/C21H32N2O2/c1-6-15(2)17-9-7-8-10-18(17)22-19(24)16-11-13-23(14-12-16)20(25)21(3,4)5/h7-10,15-16H,6,11-14H2,1-5H3,(H,22,24)/t15-/m1/s1. The zero-order chi connectivity index (χ0) is 18.6. The molecule has 138 valence electrons. The van der Waals surface area contributed by atoms with Crippen LogP contribution in [0.4, 0.5) is 5.69 Å². The van der Waals surface area contributed by atoms with Crippen LogP contribution in [0.1, 0.15) is 65.4 Å². The summed E-state index contributed by atoms with van der Waals surface area (Å²) in [6.45, 7) is 11.5. The van der Waals surface area contributed by atoms with Crippen LogP contribution in [0.2, 0.25) is 0 Å². The minimum Gasteiger partial charge on any atom is -0.342 e. The highest BCUT2D eigenvalue weighted by Gasteiger charge is 2.32. The highest BCUT2D eigenvalue weighted by molar-refractivity contribution is 5.93. The van der Waals surface area contributed by atoms with E-state index in [9.17, 15) is 9.59 Å². The summed E-state index contributed by atoms with van der Waals surface area (Å²) in [6.07, 6.45) is 2.51. The summed E-state index contributed by atoms with van der Waals surface area (Å²) in [6, 6.07) is 8.06. The zero-order valence-electron chi connectivity index (χ0n) is 16.3. The molecule has 1 aromatic rings. The summed E-state index contributed by atoms with van der Waals surface area (Å²) >= 11 is 0. The van der Waals surface area contributed by atoms with Crippen molar-refractivity contribution in [3.05, 3.63) is 29.8 Å². The van der Waals surface area contributed by atoms with Gasteiger partial charge < -0.3 is 10.2 Å². The lowest BCUT2D eigenvalue weighted by Crippen LogP contribution is -2.45. The Balaban J connectivity index is 1.97. The molecule has 4 heteroatoms. The first-order valence-electron chi connectivity index (χ1n) is 9.43. The number of carbonyl (C=O) groups excluding carboxylic acids is 2. The number of para-hydroxylation sites is 1. The molecule has 0 spiro atoms. The fourth-order valence-electron chi connectivity index (χ4n) is 3.31. The van der Waals surface area contributed by atoms with Crippen LogP contribution in [-0.2, 0) is 9.59 Å². The molecule has 1 fully saturated rings. The number of carbonyl (C=O) groups is 2. The summed E-state index contributed by atoms with van der Waals surface area (Å²) in [5.74, 6) is 0.656. The third kappa shape index (κ3) is 4.83. The van der Waals surface area contributed by atoms with Crippen LogP contribution in [0, 0.1) is 11.3 Å². The van der Waals surface area contributed by atoms with E-state index in [1.165, 1.54) is 5.56 Å². The van der Waals surface area contributed by atoms with Gasteiger partial charge >= 0.3 is 0 Å². The average molecular weight is 344 g/mol. The Morgan fingerprint density at radius 2 is 1.80 bits per heavy atom. The lowest BCUT2D eigenvalue weighted by atomic mass is 9.90. The van der Waals surface area contributed by atoms with Crippen molar-refractivity contribution in [2.45, 2.75) is 59.8 Å². The van der Waals surface area contributed by atoms with Crippen molar-refractivity contribution in [1.82, 2.24) is 4.90 Å². The summed E-state index contributed by atoms with van der Waals surface area (Å²) in [5.41, 5.74) is 1.76. The Bertz CT molecular complexity index is 611. The number of likely N-dealkylation sites (tertiary alicyclic amines) is 1. The Kier molecular flexibility index (Phi) is 6.26. The summed E-state index contributed by atoms with van der Waals surface area (Å²) < 4.78 is 0. The van der Waals surface area contributed by atoms with Gasteiger partial charge in [0.2, 0.25) is 11.8 Å². The second-order valence-corrected chi connectivity index (χ2v) is 8.20. The largest absolute Gasteiger partial charge is 0.342 e. The van der Waals surface area contributed by atoms with Gasteiger partial charge in [0.25, 0.3) is 0 Å². The van der Waals surface area contributed by atoms with Gasteiger partial charge in [-0.2, -0.15) is 0 Å². The second-order valence-electron chi connectivity index (χ2n) is 8.20. The average Bonchev–Trinajstić information content (AvgIpc) is 2.60. The SMILES string of the molecule is CC[C@@H](C)c1ccccc1NC(=O)C1CCN(C(=O)C(C)(C)C)CC1. The molecule has 25 heavy (non-hydrogen) atoms. The van der Waals surface area contributed by atoms with Crippen molar-refractivity contribution in [2.24, 2.45) is 11.3 Å². The van der Waals surface area contributed by atoms with E-state index in [2.05, 4.69) is 25.2 Å². The van der Waals surface area contributed by atoms with Crippen LogP contribution in [-0.4, -0.2) is 29.8 Å². The number of piperidine rings is 1. The van der Waals surface area contributed by atoms with Crippen LogP contribution < -0.4 is 5.32 Å². The van der Waals surface area contributed by atoms with E-state index >= 15 is 0 Å². The predicted molar refractivity (Wildman–Crippen MR) is 103 cm³/mol. The Morgan fingerprint density at radius 3 is 2.36 bits per heavy atom. The number of nitrogens with zero attached hydrogens (tertiary/aromatic N) is 1. The molecule has 1 saturated heterocycles. The van der Waals surface area contributed by atoms with E-state index in [1.807, 2.05) is 43.9 Å². The second kappa shape index (κ2) is 8.03. The van der Waals surface area contributed by atoms with Gasteiger partial charge in [-0.15, -0.1) is 0 Å². The van der Waals surface area contributed by atoms with Gasteiger partial charge in [0.1, 0.15) is 0 Å². The van der Waals surface area contributed by atoms with E-state index < -0.39 is 0 Å². The topological polar surface area (TPSA) is 49.4 Å². The van der Waals surface area contributed by atoms with E-state index in [4.69, 9.17) is 0 Å². The minimum atomic E-state index is -0.357. The number of nitrogens with one attached hydrogen (secondary N) is 1. The van der Waals surface area contributed by atoms with Crippen LogP contribution in [0.25, 0.3) is 0 Å². The van der Waals surface area contributed by atoms with E-state index in [0.29, 0.717) is 19.0 Å². The molecule has 1 aromatic carbocycles. The fraction of sp³-hybridized carbons (Fsp3) is 0.619. The van der Waals surface area contributed by atoms with Crippen molar-refractivity contribution < 1.29 is 9.59 Å². The first-order chi connectivity index (χ1) is 11.7. The molecule has 1 aliphatic rings. The van der Waals surface area contributed by atoms with Crippen molar-refractivity contribution >= 4 is 17.5 Å². The molecule has 0 saturated carbocycles. The van der Waals surface area contributed by atoms with Gasteiger partial charge in [0.15, 0.2) is 0 Å². The maximum Gasteiger partial charge on any atom is 0.227 e. The molecule has 1 aliphatic heterocycles. The first kappa shape index (κ1) is 19.5. The van der Waals surface area contributed by atoms with Crippen LogP contribution >= 0.6 is 0 Å². The lowest BCUT2D eigenvalue weighted by Gasteiger charge is -2.35. The smallest absolute Gasteiger partial charge is 0.227 e. The Morgan fingerprint density at radius 1 is 1.20 bits per heavy atom. The molecule has 0 aliphatic carbocycles. The Hall–Kier alpha value is -1.84. The molecular formula is C21H32N2O2. The Labute approximate surface area is 152 Å². The van der Waals surface area contributed by atoms with Crippen molar-refractivity contribution in [3.8, 4) is 0 Å². The van der Waals surface area contributed by atoms with Gasteiger partial charge in [-0.05, 0) is 36.8 Å². The quantitative estimate of drug-likeness (QED) is 0.879. The molecule has 1 N–H and O–H groups in total. The fourth-order valence-corrected chi connectivity index (χ4v) is 3.31. The van der Waals surface area contributed by atoms with E-state index in [-0.39, 0.29) is 23.1 Å². The maximum absolute atomic E-state index is 12.7. The van der Waals surface area contributed by atoms with Gasteiger partial charge in [-0.3, -0.25) is 9.59 Å². The minimum absolute atomic E-state index is 0.0194. The van der Waals surface area contributed by atoms with E-state index in [0.717, 1.165) is 24.9 Å². The van der Waals surface area contributed by atoms with Crippen molar-refractivity contribution in [1.29, 1.82) is 0 Å². The molecule has 4 nitrogen and oxygen atoms in total. The van der Waals surface area contributed by atoms with Crippen molar-refractivity contribution in [3.63, 3.8) is 0 Å². The van der Waals surface area contributed by atoms with E-state index in [1.54, 1.807) is 0 Å². The molecule has 0 bridgehead atoms. The number of hydrogen-bond donors (Lipinski definition) is 1. The summed E-state index contributed by atoms with van der Waals surface area (Å²) in [5, 5.41) is 3.13. The highest BCUT2D eigenvalue weighted by Crippen LogP contribution is 2.28. The van der Waals surface area contributed by atoms with Gasteiger partial charge in [0.05, 0.1) is 0 Å². The number of benzene rings is 1. The first-order valence-corrected chi connectivity index (χ1v) is 9.43. The molecule has 0 unspecified atom stereocenters. The van der Waals surface area contributed by atoms with Gasteiger partial charge in [-0.1, -0.05) is 52.8 Å². The molecule has 2 rings (SSSR count). The maximum atomic E-state index is 12.7.